The van der Waals surface area contributed by atoms with Crippen molar-refractivity contribution in [1.29, 1.82) is 0 Å². The highest BCUT2D eigenvalue weighted by Crippen LogP contribution is 2.39. The van der Waals surface area contributed by atoms with Crippen LogP contribution in [-0.4, -0.2) is 44.1 Å². The van der Waals surface area contributed by atoms with Crippen LogP contribution in [0.1, 0.15) is 46.5 Å². The van der Waals surface area contributed by atoms with E-state index in [0.717, 1.165) is 37.8 Å². The number of ether oxygens (including phenoxy) is 2. The van der Waals surface area contributed by atoms with Gasteiger partial charge in [-0.2, -0.15) is 0 Å². The SMILES string of the molecule is CCNC(=NCC1COC2(CCC(C)CC2)O1)NCC. The fourth-order valence-corrected chi connectivity index (χ4v) is 2.87. The number of hydrogen-bond acceptors (Lipinski definition) is 3. The third kappa shape index (κ3) is 4.09. The van der Waals surface area contributed by atoms with Crippen LogP contribution >= 0.6 is 0 Å². The number of hydrogen-bond donors (Lipinski definition) is 2. The molecule has 1 saturated carbocycles. The monoisotopic (exact) mass is 283 g/mol. The lowest BCUT2D eigenvalue weighted by atomic mass is 9.86. The molecule has 116 valence electrons. The summed E-state index contributed by atoms with van der Waals surface area (Å²) in [7, 11) is 0. The van der Waals surface area contributed by atoms with E-state index in [1.807, 2.05) is 0 Å². The van der Waals surface area contributed by atoms with E-state index in [9.17, 15) is 0 Å². The number of aliphatic imine (C=N–C) groups is 1. The lowest BCUT2D eigenvalue weighted by Crippen LogP contribution is -2.38. The molecular formula is C15H29N3O2. The van der Waals surface area contributed by atoms with Gasteiger partial charge in [0.2, 0.25) is 0 Å². The molecule has 1 unspecified atom stereocenters. The minimum atomic E-state index is -0.302. The van der Waals surface area contributed by atoms with Gasteiger partial charge in [0.05, 0.1) is 13.2 Å². The molecule has 0 aromatic carbocycles. The Morgan fingerprint density at radius 2 is 1.85 bits per heavy atom. The Hall–Kier alpha value is -0.810. The first kappa shape index (κ1) is 15.6. The summed E-state index contributed by atoms with van der Waals surface area (Å²) in [5.74, 6) is 1.36. The summed E-state index contributed by atoms with van der Waals surface area (Å²) in [6, 6.07) is 0. The minimum absolute atomic E-state index is 0.0933. The fraction of sp³-hybridized carbons (Fsp3) is 0.933. The zero-order valence-corrected chi connectivity index (χ0v) is 13.1. The molecule has 20 heavy (non-hydrogen) atoms. The van der Waals surface area contributed by atoms with Crippen LogP contribution in [0.25, 0.3) is 0 Å². The van der Waals surface area contributed by atoms with Crippen LogP contribution in [0.4, 0.5) is 0 Å². The molecule has 2 rings (SSSR count). The summed E-state index contributed by atoms with van der Waals surface area (Å²) in [6.45, 7) is 9.52. The lowest BCUT2D eigenvalue weighted by Gasteiger charge is -2.34. The van der Waals surface area contributed by atoms with Crippen molar-refractivity contribution in [2.24, 2.45) is 10.9 Å². The first-order valence-corrected chi connectivity index (χ1v) is 8.01. The summed E-state index contributed by atoms with van der Waals surface area (Å²) in [4.78, 5) is 4.57. The Kier molecular flexibility index (Phi) is 5.66. The molecule has 0 aromatic rings. The van der Waals surface area contributed by atoms with Gasteiger partial charge >= 0.3 is 0 Å². The Balaban J connectivity index is 1.82. The van der Waals surface area contributed by atoms with Crippen molar-refractivity contribution in [3.63, 3.8) is 0 Å². The average Bonchev–Trinajstić information content (AvgIpc) is 2.84. The molecule has 1 aliphatic carbocycles. The van der Waals surface area contributed by atoms with Gasteiger partial charge in [-0.15, -0.1) is 0 Å². The molecule has 2 fully saturated rings. The molecule has 1 heterocycles. The second-order valence-corrected chi connectivity index (χ2v) is 5.89. The van der Waals surface area contributed by atoms with Gasteiger partial charge in [-0.25, -0.2) is 0 Å². The lowest BCUT2D eigenvalue weighted by molar-refractivity contribution is -0.190. The van der Waals surface area contributed by atoms with Gasteiger partial charge in [0.25, 0.3) is 0 Å². The molecular weight excluding hydrogens is 254 g/mol. The maximum absolute atomic E-state index is 6.16. The maximum atomic E-state index is 6.16. The van der Waals surface area contributed by atoms with Crippen LogP contribution in [0.3, 0.4) is 0 Å². The second-order valence-electron chi connectivity index (χ2n) is 5.89. The summed E-state index contributed by atoms with van der Waals surface area (Å²) >= 11 is 0. The van der Waals surface area contributed by atoms with Crippen LogP contribution in [0, 0.1) is 5.92 Å². The van der Waals surface area contributed by atoms with Crippen LogP contribution in [0.2, 0.25) is 0 Å². The third-order valence-corrected chi connectivity index (χ3v) is 4.09. The molecule has 5 heteroatoms. The van der Waals surface area contributed by atoms with E-state index in [2.05, 4.69) is 36.4 Å². The summed E-state index contributed by atoms with van der Waals surface area (Å²) in [5.41, 5.74) is 0. The van der Waals surface area contributed by atoms with E-state index in [0.29, 0.717) is 13.2 Å². The highest BCUT2D eigenvalue weighted by molar-refractivity contribution is 5.79. The second kappa shape index (κ2) is 7.27. The molecule has 1 saturated heterocycles. The molecule has 1 aliphatic heterocycles. The molecule has 2 aliphatic rings. The van der Waals surface area contributed by atoms with E-state index in [-0.39, 0.29) is 11.9 Å². The quantitative estimate of drug-likeness (QED) is 0.611. The van der Waals surface area contributed by atoms with Crippen LogP contribution in [-0.2, 0) is 9.47 Å². The third-order valence-electron chi connectivity index (χ3n) is 4.09. The number of nitrogens with one attached hydrogen (secondary N) is 2. The van der Waals surface area contributed by atoms with Crippen molar-refractivity contribution in [1.82, 2.24) is 10.6 Å². The van der Waals surface area contributed by atoms with Crippen LogP contribution in [0.15, 0.2) is 4.99 Å². The normalized spacial score (nSPS) is 33.1. The Labute approximate surface area is 122 Å². The molecule has 0 amide bonds. The summed E-state index contributed by atoms with van der Waals surface area (Å²) in [5, 5.41) is 6.45. The first-order chi connectivity index (χ1) is 9.67. The molecule has 0 bridgehead atoms. The highest BCUT2D eigenvalue weighted by atomic mass is 16.7. The highest BCUT2D eigenvalue weighted by Gasteiger charge is 2.43. The van der Waals surface area contributed by atoms with E-state index in [4.69, 9.17) is 9.47 Å². The van der Waals surface area contributed by atoms with Crippen LogP contribution in [0.5, 0.6) is 0 Å². The average molecular weight is 283 g/mol. The molecule has 1 atom stereocenters. The molecule has 0 aromatic heterocycles. The zero-order valence-electron chi connectivity index (χ0n) is 13.1. The predicted molar refractivity (Wildman–Crippen MR) is 80.8 cm³/mol. The summed E-state index contributed by atoms with van der Waals surface area (Å²) in [6.07, 6.45) is 4.56. The molecule has 0 radical (unpaired) electrons. The number of nitrogens with zero attached hydrogens (tertiary/aromatic N) is 1. The molecule has 1 spiro atoms. The van der Waals surface area contributed by atoms with E-state index in [1.54, 1.807) is 0 Å². The Morgan fingerprint density at radius 3 is 2.45 bits per heavy atom. The van der Waals surface area contributed by atoms with E-state index in [1.165, 1.54) is 12.8 Å². The largest absolute Gasteiger partial charge is 0.357 e. The van der Waals surface area contributed by atoms with Gasteiger partial charge in [0.1, 0.15) is 6.10 Å². The zero-order chi connectivity index (χ0) is 14.4. The van der Waals surface area contributed by atoms with E-state index < -0.39 is 0 Å². The smallest absolute Gasteiger partial charge is 0.191 e. The van der Waals surface area contributed by atoms with Gasteiger partial charge in [0.15, 0.2) is 11.7 Å². The van der Waals surface area contributed by atoms with Crippen molar-refractivity contribution < 1.29 is 9.47 Å². The van der Waals surface area contributed by atoms with Crippen LogP contribution < -0.4 is 10.6 Å². The van der Waals surface area contributed by atoms with Crippen molar-refractivity contribution >= 4 is 5.96 Å². The fourth-order valence-electron chi connectivity index (χ4n) is 2.87. The van der Waals surface area contributed by atoms with Gasteiger partial charge in [0, 0.05) is 25.9 Å². The van der Waals surface area contributed by atoms with Crippen molar-refractivity contribution in [2.45, 2.75) is 58.3 Å². The van der Waals surface area contributed by atoms with Gasteiger partial charge in [-0.05, 0) is 32.6 Å². The first-order valence-electron chi connectivity index (χ1n) is 8.01. The number of rotatable bonds is 4. The van der Waals surface area contributed by atoms with Crippen molar-refractivity contribution in [3.8, 4) is 0 Å². The predicted octanol–water partition coefficient (Wildman–Crippen LogP) is 1.88. The van der Waals surface area contributed by atoms with Crippen molar-refractivity contribution in [3.05, 3.63) is 0 Å². The Morgan fingerprint density at radius 1 is 1.20 bits per heavy atom. The number of guanidine groups is 1. The standard InChI is InChI=1S/C15H29N3O2/c1-4-16-14(17-5-2)18-10-13-11-19-15(20-13)8-6-12(3)7-9-15/h12-13H,4-11H2,1-3H3,(H2,16,17,18). The van der Waals surface area contributed by atoms with Gasteiger partial charge in [-0.1, -0.05) is 6.92 Å². The molecule has 2 N–H and O–H groups in total. The Bertz CT molecular complexity index is 317. The van der Waals surface area contributed by atoms with Gasteiger partial charge < -0.3 is 20.1 Å². The molecule has 5 nitrogen and oxygen atoms in total. The van der Waals surface area contributed by atoms with Crippen molar-refractivity contribution in [2.75, 3.05) is 26.2 Å². The topological polar surface area (TPSA) is 54.9 Å². The summed E-state index contributed by atoms with van der Waals surface area (Å²) < 4.78 is 12.1. The maximum Gasteiger partial charge on any atom is 0.191 e. The minimum Gasteiger partial charge on any atom is -0.357 e. The van der Waals surface area contributed by atoms with Gasteiger partial charge in [-0.3, -0.25) is 4.99 Å². The van der Waals surface area contributed by atoms with E-state index >= 15 is 0 Å².